The van der Waals surface area contributed by atoms with E-state index in [1.807, 2.05) is 4.68 Å². The molecule has 1 saturated carbocycles. The fourth-order valence-corrected chi connectivity index (χ4v) is 4.58. The second kappa shape index (κ2) is 6.19. The predicted molar refractivity (Wildman–Crippen MR) is 96.5 cm³/mol. The topological polar surface area (TPSA) is 89.2 Å². The molecule has 0 radical (unpaired) electrons. The molecule has 2 heterocycles. The number of anilines is 1. The number of urea groups is 1. The van der Waals surface area contributed by atoms with E-state index in [1.165, 1.54) is 0 Å². The number of hydrogen-bond donors (Lipinski definition) is 1. The Morgan fingerprint density at radius 3 is 2.50 bits per heavy atom. The van der Waals surface area contributed by atoms with E-state index in [4.69, 9.17) is 4.98 Å². The van der Waals surface area contributed by atoms with Crippen molar-refractivity contribution in [3.05, 3.63) is 34.8 Å². The number of aryl methyl sites for hydroxylation is 2. The number of carbonyl (C=O) groups is 1. The van der Waals surface area contributed by atoms with Crippen LogP contribution in [0.25, 0.3) is 0 Å². The average molecular weight is 370 g/mol. The molecule has 0 bridgehead atoms. The highest BCUT2D eigenvalue weighted by Crippen LogP contribution is 2.36. The Morgan fingerprint density at radius 2 is 1.85 bits per heavy atom. The Bertz CT molecular complexity index is 953. The molecule has 0 spiro atoms. The maximum Gasteiger partial charge on any atom is 0.322 e. The molecule has 1 fully saturated rings. The first-order valence-electron chi connectivity index (χ1n) is 9.22. The molecule has 0 saturated heterocycles. The summed E-state index contributed by atoms with van der Waals surface area (Å²) in [6.45, 7) is 0. The summed E-state index contributed by atoms with van der Waals surface area (Å²) in [4.78, 5) is 17.2. The van der Waals surface area contributed by atoms with E-state index >= 15 is 0 Å². The number of nitrogens with zero attached hydrogens (tertiary/aromatic N) is 4. The summed E-state index contributed by atoms with van der Waals surface area (Å²) in [7, 11) is -1.79. The van der Waals surface area contributed by atoms with Gasteiger partial charge in [0.25, 0.3) is 0 Å². The largest absolute Gasteiger partial charge is 0.438 e. The summed E-state index contributed by atoms with van der Waals surface area (Å²) in [5.41, 5.74) is 5.35. The average Bonchev–Trinajstić information content (AvgIpc) is 3.06. The number of fused-ring (bicyclic) bond motifs is 2. The monoisotopic (exact) mass is 370 g/mol. The number of amides is 2. The third-order valence-corrected chi connectivity index (χ3v) is 6.24. The van der Waals surface area contributed by atoms with Gasteiger partial charge in [0.15, 0.2) is 0 Å². The van der Waals surface area contributed by atoms with E-state index in [-0.39, 0.29) is 0 Å². The van der Waals surface area contributed by atoms with Gasteiger partial charge in [-0.1, -0.05) is 0 Å². The molecule has 3 aliphatic rings. The first-order valence-corrected chi connectivity index (χ1v) is 10.3. The van der Waals surface area contributed by atoms with E-state index in [1.54, 1.807) is 12.3 Å². The highest BCUT2D eigenvalue weighted by molar-refractivity contribution is 7.75. The number of rotatable bonds is 3. The van der Waals surface area contributed by atoms with E-state index in [2.05, 4.69) is 14.8 Å². The van der Waals surface area contributed by atoms with Crippen molar-refractivity contribution >= 4 is 22.3 Å². The summed E-state index contributed by atoms with van der Waals surface area (Å²) in [6.07, 6.45) is 9.93. The molecule has 3 aliphatic carbocycles. The van der Waals surface area contributed by atoms with E-state index in [9.17, 15) is 9.00 Å². The lowest BCUT2D eigenvalue weighted by molar-refractivity contribution is 0.260. The van der Waals surface area contributed by atoms with Gasteiger partial charge in [0.1, 0.15) is 0 Å². The van der Waals surface area contributed by atoms with Crippen LogP contribution in [0.1, 0.15) is 54.2 Å². The molecule has 26 heavy (non-hydrogen) atoms. The van der Waals surface area contributed by atoms with Crippen LogP contribution in [0.15, 0.2) is 21.7 Å². The number of pyridine rings is 1. The lowest BCUT2D eigenvalue weighted by Crippen LogP contribution is -2.12. The molecule has 2 aromatic heterocycles. The lowest BCUT2D eigenvalue weighted by Gasteiger charge is -2.14. The molecule has 0 unspecified atom stereocenters. The fourth-order valence-electron chi connectivity index (χ4n) is 3.94. The summed E-state index contributed by atoms with van der Waals surface area (Å²) in [5.74, 6) is 0. The van der Waals surface area contributed by atoms with Crippen molar-refractivity contribution in [1.82, 2.24) is 14.8 Å². The Hall–Kier alpha value is -2.22. The highest BCUT2D eigenvalue weighted by atomic mass is 32.2. The molecule has 5 rings (SSSR count). The van der Waals surface area contributed by atoms with Crippen LogP contribution in [0, 0.1) is 0 Å². The molecular weight excluding hydrogens is 350 g/mol. The minimum Gasteiger partial charge on any atom is -0.438 e. The van der Waals surface area contributed by atoms with Gasteiger partial charge in [0.2, 0.25) is 0 Å². The summed E-state index contributed by atoms with van der Waals surface area (Å²) < 4.78 is 18.0. The van der Waals surface area contributed by atoms with Gasteiger partial charge in [0.05, 0.1) is 11.7 Å². The summed E-state index contributed by atoms with van der Waals surface area (Å²) in [5, 5.41) is 7.52. The molecule has 8 heteroatoms. The second-order valence-electron chi connectivity index (χ2n) is 7.18. The van der Waals surface area contributed by atoms with Gasteiger partial charge in [-0.2, -0.15) is 5.10 Å². The Kier molecular flexibility index (Phi) is 3.81. The van der Waals surface area contributed by atoms with E-state index < -0.39 is 16.6 Å². The smallest absolute Gasteiger partial charge is 0.322 e. The van der Waals surface area contributed by atoms with E-state index in [0.717, 1.165) is 79.6 Å². The molecule has 7 nitrogen and oxygen atoms in total. The predicted octanol–water partition coefficient (Wildman–Crippen LogP) is 3.33. The molecule has 0 atom stereocenters. The van der Waals surface area contributed by atoms with Gasteiger partial charge in [-0.15, -0.1) is 10.6 Å². The van der Waals surface area contributed by atoms with Gasteiger partial charge < -0.3 is 13.9 Å². The maximum absolute atomic E-state index is 12.4. The van der Waals surface area contributed by atoms with Crippen molar-refractivity contribution < 1.29 is 9.00 Å². The quantitative estimate of drug-likeness (QED) is 0.839. The van der Waals surface area contributed by atoms with Crippen LogP contribution in [0.3, 0.4) is 0 Å². The number of carbonyl (C=O) groups excluding carboxylic acids is 1. The van der Waals surface area contributed by atoms with Gasteiger partial charge in [0, 0.05) is 22.6 Å². The van der Waals surface area contributed by atoms with Crippen molar-refractivity contribution in [2.75, 3.05) is 5.32 Å². The lowest BCUT2D eigenvalue weighted by atomic mass is 10.1. The van der Waals surface area contributed by atoms with E-state index in [0.29, 0.717) is 11.1 Å². The summed E-state index contributed by atoms with van der Waals surface area (Å²) >= 11 is 0. The van der Waals surface area contributed by atoms with Crippen molar-refractivity contribution in [2.24, 2.45) is 4.36 Å². The highest BCUT2D eigenvalue weighted by Gasteiger charge is 2.26. The third-order valence-electron chi connectivity index (χ3n) is 5.33. The van der Waals surface area contributed by atoms with Crippen LogP contribution in [0.5, 0.6) is 0 Å². The maximum atomic E-state index is 12.4. The van der Waals surface area contributed by atoms with Crippen LogP contribution < -0.4 is 5.32 Å². The zero-order valence-corrected chi connectivity index (χ0v) is 15.2. The molecule has 0 aliphatic heterocycles. The van der Waals surface area contributed by atoms with Crippen LogP contribution in [0.4, 0.5) is 10.5 Å². The van der Waals surface area contributed by atoms with Gasteiger partial charge in [-0.25, -0.2) is 4.79 Å². The molecule has 136 valence electrons. The van der Waals surface area contributed by atoms with Crippen molar-refractivity contribution in [3.63, 3.8) is 0 Å². The third kappa shape index (κ3) is 2.82. The molecule has 2 amide bonds. The molecular formula is C18H20N5O2S-. The SMILES string of the molecule is O=C(N=[S-](=O)c1ccn(C2CC2)n1)Nc1c2c(nc3c1CCC3)CCC2. The standard InChI is InChI=1S/C18H20N5O2S/c24-18(22-26(25)16-9-10-23(21-16)11-7-8-11)20-17-12-3-1-5-14(12)19-15-6-2-4-13(15)17/h9-11H,1-8H2,(H,19,20,24)/q-1. The van der Waals surface area contributed by atoms with Crippen molar-refractivity contribution in [2.45, 2.75) is 62.4 Å². The van der Waals surface area contributed by atoms with Gasteiger partial charge in [-0.3, -0.25) is 9.67 Å². The first-order chi connectivity index (χ1) is 12.7. The van der Waals surface area contributed by atoms with Crippen LogP contribution in [0.2, 0.25) is 0 Å². The zero-order valence-electron chi connectivity index (χ0n) is 14.4. The molecule has 0 aromatic carbocycles. The second-order valence-corrected chi connectivity index (χ2v) is 8.28. The normalized spacial score (nSPS) is 19.4. The van der Waals surface area contributed by atoms with Crippen LogP contribution in [-0.2, 0) is 40.5 Å². The van der Waals surface area contributed by atoms with Gasteiger partial charge in [-0.05, 0) is 68.6 Å². The number of aromatic nitrogens is 3. The zero-order chi connectivity index (χ0) is 17.7. The number of nitrogens with one attached hydrogen (secondary N) is 1. The molecule has 2 aromatic rings. The Balaban J connectivity index is 1.41. The van der Waals surface area contributed by atoms with Crippen molar-refractivity contribution in [3.8, 4) is 0 Å². The molecule has 1 N–H and O–H groups in total. The first kappa shape index (κ1) is 16.0. The van der Waals surface area contributed by atoms with Crippen LogP contribution >= 0.6 is 0 Å². The minimum atomic E-state index is -1.79. The Labute approximate surface area is 153 Å². The minimum absolute atomic E-state index is 0.331. The summed E-state index contributed by atoms with van der Waals surface area (Å²) in [6, 6.07) is 1.52. The fraction of sp³-hybridized carbons (Fsp3) is 0.500. The van der Waals surface area contributed by atoms with Crippen molar-refractivity contribution in [1.29, 1.82) is 0 Å². The Morgan fingerprint density at radius 1 is 1.15 bits per heavy atom. The van der Waals surface area contributed by atoms with Crippen LogP contribution in [-0.4, -0.2) is 20.8 Å². The van der Waals surface area contributed by atoms with Gasteiger partial charge >= 0.3 is 6.03 Å². The number of hydrogen-bond acceptors (Lipinski definition) is 5.